The zero-order chi connectivity index (χ0) is 13.8. The van der Waals surface area contributed by atoms with E-state index in [9.17, 15) is 0 Å². The molecule has 1 aliphatic rings. The molecule has 2 unspecified atom stereocenters. The standard InChI is InChI=1S/C15H23ClN2O/c1-3-13(17)9-11-8-12(16)4-5-15(11)18-7-6-14(10-18)19-2/h4-5,8,13-14H,3,6-7,9-10,17H2,1-2H3. The van der Waals surface area contributed by atoms with Gasteiger partial charge in [-0.2, -0.15) is 0 Å². The van der Waals surface area contributed by atoms with Crippen LogP contribution in [0.1, 0.15) is 25.3 Å². The molecule has 0 saturated carbocycles. The van der Waals surface area contributed by atoms with E-state index in [0.717, 1.165) is 37.4 Å². The summed E-state index contributed by atoms with van der Waals surface area (Å²) in [4.78, 5) is 2.38. The van der Waals surface area contributed by atoms with Gasteiger partial charge in [0.2, 0.25) is 0 Å². The molecule has 2 N–H and O–H groups in total. The molecule has 0 bridgehead atoms. The molecule has 19 heavy (non-hydrogen) atoms. The monoisotopic (exact) mass is 282 g/mol. The van der Waals surface area contributed by atoms with Crippen molar-refractivity contribution in [2.24, 2.45) is 5.73 Å². The Labute approximate surface area is 120 Å². The molecule has 2 rings (SSSR count). The molecule has 4 heteroatoms. The number of anilines is 1. The largest absolute Gasteiger partial charge is 0.380 e. The second kappa shape index (κ2) is 6.60. The number of rotatable bonds is 5. The van der Waals surface area contributed by atoms with Crippen molar-refractivity contribution in [3.05, 3.63) is 28.8 Å². The Morgan fingerprint density at radius 2 is 2.32 bits per heavy atom. The molecular formula is C15H23ClN2O. The quantitative estimate of drug-likeness (QED) is 0.902. The second-order valence-electron chi connectivity index (χ2n) is 5.24. The lowest BCUT2D eigenvalue weighted by Crippen LogP contribution is -2.26. The fourth-order valence-corrected chi connectivity index (χ4v) is 2.79. The highest BCUT2D eigenvalue weighted by Gasteiger charge is 2.24. The highest BCUT2D eigenvalue weighted by Crippen LogP contribution is 2.29. The van der Waals surface area contributed by atoms with Crippen LogP contribution in [0.2, 0.25) is 5.02 Å². The first-order valence-corrected chi connectivity index (χ1v) is 7.33. The van der Waals surface area contributed by atoms with Gasteiger partial charge in [-0.05, 0) is 43.0 Å². The predicted octanol–water partition coefficient (Wildman–Crippen LogP) is 2.84. The third kappa shape index (κ3) is 3.62. The average Bonchev–Trinajstić information content (AvgIpc) is 2.87. The number of hydrogen-bond donors (Lipinski definition) is 1. The average molecular weight is 283 g/mol. The van der Waals surface area contributed by atoms with Gasteiger partial charge in [0.15, 0.2) is 0 Å². The van der Waals surface area contributed by atoms with E-state index in [-0.39, 0.29) is 6.04 Å². The van der Waals surface area contributed by atoms with Crippen molar-refractivity contribution in [1.82, 2.24) is 0 Å². The van der Waals surface area contributed by atoms with Crippen LogP contribution in [0.15, 0.2) is 18.2 Å². The molecule has 1 aromatic rings. The van der Waals surface area contributed by atoms with Gasteiger partial charge in [0.05, 0.1) is 6.10 Å². The van der Waals surface area contributed by atoms with Crippen LogP contribution in [0, 0.1) is 0 Å². The maximum Gasteiger partial charge on any atom is 0.0762 e. The summed E-state index contributed by atoms with van der Waals surface area (Å²) in [5, 5.41) is 0.782. The van der Waals surface area contributed by atoms with E-state index in [0.29, 0.717) is 6.10 Å². The second-order valence-corrected chi connectivity index (χ2v) is 5.67. The van der Waals surface area contributed by atoms with Gasteiger partial charge in [-0.3, -0.25) is 0 Å². The Morgan fingerprint density at radius 1 is 1.53 bits per heavy atom. The van der Waals surface area contributed by atoms with Crippen LogP contribution in [0.3, 0.4) is 0 Å². The first-order chi connectivity index (χ1) is 9.13. The molecule has 0 spiro atoms. The zero-order valence-corrected chi connectivity index (χ0v) is 12.5. The van der Waals surface area contributed by atoms with Crippen molar-refractivity contribution in [3.63, 3.8) is 0 Å². The molecule has 0 aliphatic carbocycles. The number of halogens is 1. The summed E-state index contributed by atoms with van der Waals surface area (Å²) in [6, 6.07) is 6.31. The van der Waals surface area contributed by atoms with E-state index >= 15 is 0 Å². The smallest absolute Gasteiger partial charge is 0.0762 e. The van der Waals surface area contributed by atoms with E-state index in [2.05, 4.69) is 17.9 Å². The minimum atomic E-state index is 0.193. The Balaban J connectivity index is 2.19. The first kappa shape index (κ1) is 14.6. The van der Waals surface area contributed by atoms with Crippen LogP contribution >= 0.6 is 11.6 Å². The molecule has 1 aromatic carbocycles. The van der Waals surface area contributed by atoms with Gasteiger partial charge in [-0.15, -0.1) is 0 Å². The van der Waals surface area contributed by atoms with E-state index in [4.69, 9.17) is 22.1 Å². The topological polar surface area (TPSA) is 38.5 Å². The number of nitrogens with two attached hydrogens (primary N) is 1. The maximum atomic E-state index is 6.12. The molecule has 1 heterocycles. The number of nitrogens with zero attached hydrogens (tertiary/aromatic N) is 1. The summed E-state index contributed by atoms with van der Waals surface area (Å²) in [6.45, 7) is 4.10. The van der Waals surface area contributed by atoms with Gasteiger partial charge in [-0.1, -0.05) is 18.5 Å². The predicted molar refractivity (Wildman–Crippen MR) is 81.0 cm³/mol. The lowest BCUT2D eigenvalue weighted by molar-refractivity contribution is 0.121. The van der Waals surface area contributed by atoms with Crippen molar-refractivity contribution in [3.8, 4) is 0 Å². The minimum Gasteiger partial charge on any atom is -0.380 e. The molecule has 1 fully saturated rings. The van der Waals surface area contributed by atoms with Crippen LogP contribution in [-0.2, 0) is 11.2 Å². The van der Waals surface area contributed by atoms with Crippen molar-refractivity contribution in [2.45, 2.75) is 38.3 Å². The number of hydrogen-bond acceptors (Lipinski definition) is 3. The third-order valence-electron chi connectivity index (χ3n) is 3.87. The van der Waals surface area contributed by atoms with Crippen molar-refractivity contribution in [2.75, 3.05) is 25.1 Å². The summed E-state index contributed by atoms with van der Waals surface area (Å²) < 4.78 is 5.44. The zero-order valence-electron chi connectivity index (χ0n) is 11.7. The van der Waals surface area contributed by atoms with Crippen molar-refractivity contribution >= 4 is 17.3 Å². The number of ether oxygens (including phenoxy) is 1. The lowest BCUT2D eigenvalue weighted by Gasteiger charge is -2.23. The number of benzene rings is 1. The fourth-order valence-electron chi connectivity index (χ4n) is 2.59. The van der Waals surface area contributed by atoms with Crippen LogP contribution in [0.25, 0.3) is 0 Å². The normalized spacial score (nSPS) is 20.8. The molecule has 1 aliphatic heterocycles. The first-order valence-electron chi connectivity index (χ1n) is 6.95. The molecule has 0 radical (unpaired) electrons. The SMILES string of the molecule is CCC(N)Cc1cc(Cl)ccc1N1CCC(OC)C1. The highest BCUT2D eigenvalue weighted by molar-refractivity contribution is 6.30. The summed E-state index contributed by atoms with van der Waals surface area (Å²) >= 11 is 6.12. The molecule has 106 valence electrons. The Hall–Kier alpha value is -0.770. The van der Waals surface area contributed by atoms with E-state index in [1.165, 1.54) is 11.3 Å². The van der Waals surface area contributed by atoms with E-state index < -0.39 is 0 Å². The van der Waals surface area contributed by atoms with Crippen LogP contribution in [0.5, 0.6) is 0 Å². The van der Waals surface area contributed by atoms with Crippen LogP contribution in [-0.4, -0.2) is 32.3 Å². The maximum absolute atomic E-state index is 6.12. The lowest BCUT2D eigenvalue weighted by atomic mass is 10.0. The van der Waals surface area contributed by atoms with Gasteiger partial charge < -0.3 is 15.4 Å². The Bertz CT molecular complexity index is 425. The third-order valence-corrected chi connectivity index (χ3v) is 4.10. The van der Waals surface area contributed by atoms with E-state index in [1.807, 2.05) is 12.1 Å². The van der Waals surface area contributed by atoms with Gasteiger partial charge >= 0.3 is 0 Å². The fraction of sp³-hybridized carbons (Fsp3) is 0.600. The van der Waals surface area contributed by atoms with Gasteiger partial charge in [0.25, 0.3) is 0 Å². The highest BCUT2D eigenvalue weighted by atomic mass is 35.5. The molecule has 3 nitrogen and oxygen atoms in total. The molecule has 0 amide bonds. The molecule has 0 aromatic heterocycles. The van der Waals surface area contributed by atoms with Gasteiger partial charge in [0, 0.05) is 37.0 Å². The van der Waals surface area contributed by atoms with Crippen molar-refractivity contribution < 1.29 is 4.74 Å². The van der Waals surface area contributed by atoms with E-state index in [1.54, 1.807) is 7.11 Å². The Kier molecular flexibility index (Phi) is 5.08. The van der Waals surface area contributed by atoms with Crippen LogP contribution < -0.4 is 10.6 Å². The molecular weight excluding hydrogens is 260 g/mol. The Morgan fingerprint density at radius 3 is 2.95 bits per heavy atom. The summed E-state index contributed by atoms with van der Waals surface area (Å²) in [6.07, 6.45) is 3.27. The minimum absolute atomic E-state index is 0.193. The summed E-state index contributed by atoms with van der Waals surface area (Å²) in [5.74, 6) is 0. The molecule has 2 atom stereocenters. The number of methoxy groups -OCH3 is 1. The van der Waals surface area contributed by atoms with Gasteiger partial charge in [-0.25, -0.2) is 0 Å². The summed E-state index contributed by atoms with van der Waals surface area (Å²) in [5.41, 5.74) is 8.60. The van der Waals surface area contributed by atoms with Crippen molar-refractivity contribution in [1.29, 1.82) is 0 Å². The molecule has 1 saturated heterocycles. The van der Waals surface area contributed by atoms with Crippen LogP contribution in [0.4, 0.5) is 5.69 Å². The summed E-state index contributed by atoms with van der Waals surface area (Å²) in [7, 11) is 1.78. The van der Waals surface area contributed by atoms with Gasteiger partial charge in [0.1, 0.15) is 0 Å².